The lowest BCUT2D eigenvalue weighted by Crippen LogP contribution is -2.27. The maximum Gasteiger partial charge on any atom is 0.577 e. The number of aliphatic hydroxyl groups excluding tert-OH is 1. The van der Waals surface area contributed by atoms with Gasteiger partial charge >= 0.3 is 15.5 Å². The Morgan fingerprint density at radius 3 is 2.06 bits per heavy atom. The zero-order chi connectivity index (χ0) is 25.9. The van der Waals surface area contributed by atoms with Gasteiger partial charge in [-0.05, 0) is 58.9 Å². The minimum absolute atomic E-state index is 0.0481. The molecule has 0 aliphatic rings. The molecule has 2 rings (SSSR count). The van der Waals surface area contributed by atoms with Crippen molar-refractivity contribution in [3.8, 4) is 11.5 Å². The molecule has 9 heteroatoms. The van der Waals surface area contributed by atoms with Crippen LogP contribution in [0.3, 0.4) is 0 Å². The van der Waals surface area contributed by atoms with E-state index >= 15 is 0 Å². The lowest BCUT2D eigenvalue weighted by atomic mass is 10.1. The van der Waals surface area contributed by atoms with Crippen molar-refractivity contribution in [2.24, 2.45) is 0 Å². The van der Waals surface area contributed by atoms with Crippen LogP contribution in [-0.2, 0) is 22.8 Å². The average molecular weight is 496 g/mol. The average Bonchev–Trinajstić information content (AvgIpc) is 2.80. The van der Waals surface area contributed by atoms with Crippen molar-refractivity contribution in [1.82, 2.24) is 0 Å². The second kappa shape index (κ2) is 18.9. The van der Waals surface area contributed by atoms with Gasteiger partial charge in [-0.1, -0.05) is 36.9 Å². The number of esters is 1. The highest BCUT2D eigenvalue weighted by Crippen LogP contribution is 2.32. The maximum absolute atomic E-state index is 10.8. The zero-order valence-corrected chi connectivity index (χ0v) is 21.9. The molecule has 1 radical (unpaired) electrons. The third kappa shape index (κ3) is 14.0. The van der Waals surface area contributed by atoms with E-state index in [0.29, 0.717) is 50.2 Å². The van der Waals surface area contributed by atoms with Gasteiger partial charge in [-0.25, -0.2) is 4.79 Å². The van der Waals surface area contributed by atoms with Crippen LogP contribution in [0.5, 0.6) is 11.5 Å². The molecule has 0 aromatic heterocycles. The SMILES string of the molecule is C=C(C)C(=O)OCCCC(C)O.CCO[Si](OCC)OCC.Oc1ccc2ccccc2c1O. The Labute approximate surface area is 204 Å². The number of ether oxygens (including phenoxy) is 1. The van der Waals surface area contributed by atoms with Gasteiger partial charge < -0.3 is 33.3 Å². The van der Waals surface area contributed by atoms with Gasteiger partial charge in [0.15, 0.2) is 11.5 Å². The molecular weight excluding hydrogens is 456 g/mol. The molecule has 0 aliphatic heterocycles. The van der Waals surface area contributed by atoms with Gasteiger partial charge in [0.1, 0.15) is 0 Å². The smallest absolute Gasteiger partial charge is 0.504 e. The Kier molecular flexibility index (Phi) is 17.6. The van der Waals surface area contributed by atoms with Crippen LogP contribution in [0, 0.1) is 0 Å². The third-order valence-electron chi connectivity index (χ3n) is 4.01. The van der Waals surface area contributed by atoms with Gasteiger partial charge in [-0.2, -0.15) is 0 Å². The molecule has 1 atom stereocenters. The van der Waals surface area contributed by atoms with E-state index in [0.717, 1.165) is 5.39 Å². The first-order chi connectivity index (χ1) is 16.2. The third-order valence-corrected chi connectivity index (χ3v) is 5.59. The van der Waals surface area contributed by atoms with Crippen molar-refractivity contribution in [3.63, 3.8) is 0 Å². The second-order valence-corrected chi connectivity index (χ2v) is 8.48. The van der Waals surface area contributed by atoms with Gasteiger partial charge in [0, 0.05) is 30.8 Å². The van der Waals surface area contributed by atoms with Gasteiger partial charge in [0.2, 0.25) is 0 Å². The fraction of sp³-hybridized carbons (Fsp3) is 0.480. The molecule has 2 aromatic carbocycles. The number of phenolic OH excluding ortho intramolecular Hbond substituents is 2. The number of benzene rings is 2. The van der Waals surface area contributed by atoms with Crippen LogP contribution < -0.4 is 0 Å². The van der Waals surface area contributed by atoms with Crippen LogP contribution in [0.1, 0.15) is 47.5 Å². The van der Waals surface area contributed by atoms with E-state index < -0.39 is 9.53 Å². The normalized spacial score (nSPS) is 11.1. The van der Waals surface area contributed by atoms with E-state index in [2.05, 4.69) is 6.58 Å². The summed E-state index contributed by atoms with van der Waals surface area (Å²) in [7, 11) is -1.40. The number of phenols is 2. The summed E-state index contributed by atoms with van der Waals surface area (Å²) in [5.41, 5.74) is 0.409. The molecule has 0 fully saturated rings. The van der Waals surface area contributed by atoms with Gasteiger partial charge in [0.05, 0.1) is 12.7 Å². The molecule has 3 N–H and O–H groups in total. The first kappa shape index (κ1) is 31.6. The van der Waals surface area contributed by atoms with E-state index in [9.17, 15) is 9.90 Å². The van der Waals surface area contributed by atoms with Crippen LogP contribution in [0.15, 0.2) is 48.6 Å². The van der Waals surface area contributed by atoms with E-state index in [-0.39, 0.29) is 23.6 Å². The van der Waals surface area contributed by atoms with Crippen molar-refractivity contribution >= 4 is 26.3 Å². The first-order valence-electron chi connectivity index (χ1n) is 11.3. The lowest BCUT2D eigenvalue weighted by molar-refractivity contribution is -0.139. The summed E-state index contributed by atoms with van der Waals surface area (Å²) in [5.74, 6) is -0.484. The fourth-order valence-electron chi connectivity index (χ4n) is 2.39. The lowest BCUT2D eigenvalue weighted by Gasteiger charge is -2.10. The highest BCUT2D eigenvalue weighted by atomic mass is 28.3. The van der Waals surface area contributed by atoms with Crippen LogP contribution in [-0.4, -0.2) is 63.3 Å². The van der Waals surface area contributed by atoms with Crippen LogP contribution in [0.2, 0.25) is 0 Å². The predicted molar refractivity (Wildman–Crippen MR) is 135 cm³/mol. The van der Waals surface area contributed by atoms with Gasteiger partial charge in [-0.3, -0.25) is 0 Å². The van der Waals surface area contributed by atoms with Crippen LogP contribution in [0.25, 0.3) is 10.8 Å². The number of fused-ring (bicyclic) bond motifs is 1. The van der Waals surface area contributed by atoms with E-state index in [4.69, 9.17) is 28.2 Å². The molecule has 0 amide bonds. The quantitative estimate of drug-likeness (QED) is 0.136. The molecule has 0 aliphatic carbocycles. The fourth-order valence-corrected chi connectivity index (χ4v) is 3.35. The number of aromatic hydroxyl groups is 2. The Balaban J connectivity index is 0.000000484. The topological polar surface area (TPSA) is 115 Å². The summed E-state index contributed by atoms with van der Waals surface area (Å²) in [4.78, 5) is 10.8. The largest absolute Gasteiger partial charge is 0.577 e. The number of carbonyl (C=O) groups excluding carboxylic acids is 1. The number of rotatable bonds is 11. The summed E-state index contributed by atoms with van der Waals surface area (Å²) in [6.07, 6.45) is 1.02. The van der Waals surface area contributed by atoms with E-state index in [1.165, 1.54) is 6.07 Å². The monoisotopic (exact) mass is 495 g/mol. The maximum atomic E-state index is 10.8. The Morgan fingerprint density at radius 1 is 1.00 bits per heavy atom. The number of carbonyl (C=O) groups is 1. The number of hydrogen-bond acceptors (Lipinski definition) is 8. The predicted octanol–water partition coefficient (Wildman–Crippen LogP) is 4.60. The number of aliphatic hydroxyl groups is 1. The Morgan fingerprint density at radius 2 is 1.56 bits per heavy atom. The molecule has 8 nitrogen and oxygen atoms in total. The number of hydrogen-bond donors (Lipinski definition) is 3. The van der Waals surface area contributed by atoms with Crippen molar-refractivity contribution < 1.29 is 38.1 Å². The molecule has 2 aromatic rings. The van der Waals surface area contributed by atoms with Crippen LogP contribution >= 0.6 is 0 Å². The minimum Gasteiger partial charge on any atom is -0.504 e. The highest BCUT2D eigenvalue weighted by Gasteiger charge is 2.15. The Hall–Kier alpha value is -2.43. The zero-order valence-electron chi connectivity index (χ0n) is 20.9. The van der Waals surface area contributed by atoms with Crippen molar-refractivity contribution in [3.05, 3.63) is 48.6 Å². The van der Waals surface area contributed by atoms with E-state index in [1.807, 2.05) is 39.0 Å². The molecule has 0 bridgehead atoms. The summed E-state index contributed by atoms with van der Waals surface area (Å²) in [5, 5.41) is 29.0. The van der Waals surface area contributed by atoms with Crippen LogP contribution in [0.4, 0.5) is 0 Å². The molecule has 1 unspecified atom stereocenters. The van der Waals surface area contributed by atoms with Crippen molar-refractivity contribution in [2.45, 2.75) is 53.6 Å². The van der Waals surface area contributed by atoms with Gasteiger partial charge in [-0.15, -0.1) is 0 Å². The molecule has 0 spiro atoms. The standard InChI is InChI=1S/C10H8O2.C9H16O3.C6H15O3Si/c11-9-6-5-7-3-1-2-4-8(7)10(9)12;1-7(2)9(11)12-6-4-5-8(3)10;1-4-7-10(8-5-2)9-6-3/h1-6,11-12H;8,10H,1,4-6H2,2-3H3;4-6H2,1-3H3. The Bertz CT molecular complexity index is 827. The van der Waals surface area contributed by atoms with Crippen molar-refractivity contribution in [1.29, 1.82) is 0 Å². The summed E-state index contributed by atoms with van der Waals surface area (Å²) in [6, 6.07) is 10.6. The molecule has 0 saturated carbocycles. The second-order valence-electron chi connectivity index (χ2n) is 7.11. The minimum atomic E-state index is -1.40. The van der Waals surface area contributed by atoms with Gasteiger partial charge in [0.25, 0.3) is 0 Å². The first-order valence-corrected chi connectivity index (χ1v) is 12.6. The molecule has 34 heavy (non-hydrogen) atoms. The summed E-state index contributed by atoms with van der Waals surface area (Å²) in [6.45, 7) is 14.9. The summed E-state index contributed by atoms with van der Waals surface area (Å²) >= 11 is 0. The highest BCUT2D eigenvalue weighted by molar-refractivity contribution is 6.36. The molecule has 0 heterocycles. The van der Waals surface area contributed by atoms with Crippen molar-refractivity contribution in [2.75, 3.05) is 26.4 Å². The molecule has 0 saturated heterocycles. The van der Waals surface area contributed by atoms with E-state index in [1.54, 1.807) is 26.0 Å². The summed E-state index contributed by atoms with van der Waals surface area (Å²) < 4.78 is 20.3. The molecular formula is C25H39O8Si. The molecule has 191 valence electrons.